The third kappa shape index (κ3) is 3.25. The fourth-order valence-electron chi connectivity index (χ4n) is 2.06. The first-order valence-corrected chi connectivity index (χ1v) is 6.27. The average molecular weight is 312 g/mol. The fourth-order valence-corrected chi connectivity index (χ4v) is 2.39. The van der Waals surface area contributed by atoms with Crippen LogP contribution in [0.4, 0.5) is 13.2 Å². The SMILES string of the molecule is FC(F)(F)C1CCN(Cc2occc2Br)CC1. The van der Waals surface area contributed by atoms with Crippen molar-refractivity contribution in [3.05, 3.63) is 22.6 Å². The molecule has 1 aromatic rings. The van der Waals surface area contributed by atoms with E-state index in [1.807, 2.05) is 4.90 Å². The topological polar surface area (TPSA) is 16.4 Å². The molecule has 1 aromatic heterocycles. The molecule has 1 fully saturated rings. The number of nitrogens with zero attached hydrogens (tertiary/aromatic N) is 1. The number of hydrogen-bond donors (Lipinski definition) is 0. The van der Waals surface area contributed by atoms with Crippen LogP contribution in [0.2, 0.25) is 0 Å². The molecule has 2 heterocycles. The molecule has 0 bridgehead atoms. The number of halogens is 4. The zero-order chi connectivity index (χ0) is 12.5. The minimum Gasteiger partial charge on any atom is -0.467 e. The summed E-state index contributed by atoms with van der Waals surface area (Å²) in [6.07, 6.45) is -2.11. The molecule has 1 aliphatic rings. The quantitative estimate of drug-likeness (QED) is 0.825. The van der Waals surface area contributed by atoms with E-state index in [1.165, 1.54) is 0 Å². The Morgan fingerprint density at radius 3 is 2.47 bits per heavy atom. The summed E-state index contributed by atoms with van der Waals surface area (Å²) in [5.41, 5.74) is 0. The van der Waals surface area contributed by atoms with Gasteiger partial charge in [-0.15, -0.1) is 0 Å². The van der Waals surface area contributed by atoms with Gasteiger partial charge in [-0.25, -0.2) is 0 Å². The Labute approximate surface area is 106 Å². The van der Waals surface area contributed by atoms with Crippen LogP contribution in [0, 0.1) is 5.92 Å². The highest BCUT2D eigenvalue weighted by Crippen LogP contribution is 2.34. The maximum atomic E-state index is 12.5. The standard InChI is InChI=1S/C11H13BrF3NO/c12-9-3-6-17-10(9)7-16-4-1-8(2-5-16)11(13,14)15/h3,6,8H,1-2,4-5,7H2. The molecule has 0 atom stereocenters. The van der Waals surface area contributed by atoms with Crippen LogP contribution in [0.15, 0.2) is 21.2 Å². The van der Waals surface area contributed by atoms with Crippen molar-refractivity contribution in [1.82, 2.24) is 4.90 Å². The lowest BCUT2D eigenvalue weighted by molar-refractivity contribution is -0.185. The second-order valence-corrected chi connectivity index (χ2v) is 5.14. The smallest absolute Gasteiger partial charge is 0.391 e. The maximum Gasteiger partial charge on any atom is 0.391 e. The lowest BCUT2D eigenvalue weighted by Crippen LogP contribution is -2.38. The molecule has 0 radical (unpaired) electrons. The monoisotopic (exact) mass is 311 g/mol. The summed E-state index contributed by atoms with van der Waals surface area (Å²) in [5, 5.41) is 0. The van der Waals surface area contributed by atoms with Crippen LogP contribution in [0.5, 0.6) is 0 Å². The number of likely N-dealkylation sites (tertiary alicyclic amines) is 1. The fraction of sp³-hybridized carbons (Fsp3) is 0.636. The van der Waals surface area contributed by atoms with E-state index in [1.54, 1.807) is 12.3 Å². The summed E-state index contributed by atoms with van der Waals surface area (Å²) in [7, 11) is 0. The van der Waals surface area contributed by atoms with Crippen molar-refractivity contribution >= 4 is 15.9 Å². The van der Waals surface area contributed by atoms with Gasteiger partial charge < -0.3 is 4.42 Å². The molecular formula is C11H13BrF3NO. The van der Waals surface area contributed by atoms with Crippen LogP contribution in [-0.2, 0) is 6.54 Å². The molecule has 0 aliphatic carbocycles. The largest absolute Gasteiger partial charge is 0.467 e. The molecule has 0 unspecified atom stereocenters. The van der Waals surface area contributed by atoms with Crippen molar-refractivity contribution < 1.29 is 17.6 Å². The minimum absolute atomic E-state index is 0.182. The zero-order valence-electron chi connectivity index (χ0n) is 9.13. The predicted molar refractivity (Wildman–Crippen MR) is 60.5 cm³/mol. The minimum atomic E-state index is -4.04. The van der Waals surface area contributed by atoms with Crippen molar-refractivity contribution in [3.63, 3.8) is 0 Å². The Morgan fingerprint density at radius 2 is 2.00 bits per heavy atom. The molecule has 1 saturated heterocycles. The van der Waals surface area contributed by atoms with Gasteiger partial charge in [-0.3, -0.25) is 4.90 Å². The molecule has 96 valence electrons. The molecule has 1 aliphatic heterocycles. The van der Waals surface area contributed by atoms with E-state index in [4.69, 9.17) is 4.42 Å². The van der Waals surface area contributed by atoms with Gasteiger partial charge in [0.2, 0.25) is 0 Å². The number of piperidine rings is 1. The predicted octanol–water partition coefficient (Wildman–Crippen LogP) is 3.82. The van der Waals surface area contributed by atoms with Gasteiger partial charge in [-0.05, 0) is 47.9 Å². The second-order valence-electron chi connectivity index (χ2n) is 4.28. The summed E-state index contributed by atoms with van der Waals surface area (Å²) in [5.74, 6) is -0.366. The lowest BCUT2D eigenvalue weighted by Gasteiger charge is -2.32. The van der Waals surface area contributed by atoms with Crippen LogP contribution in [0.25, 0.3) is 0 Å². The van der Waals surface area contributed by atoms with E-state index in [9.17, 15) is 13.2 Å². The third-order valence-corrected chi connectivity index (χ3v) is 3.82. The molecule has 6 heteroatoms. The highest BCUT2D eigenvalue weighted by Gasteiger charge is 2.41. The first kappa shape index (κ1) is 13.0. The molecule has 0 N–H and O–H groups in total. The molecule has 17 heavy (non-hydrogen) atoms. The van der Waals surface area contributed by atoms with E-state index < -0.39 is 12.1 Å². The zero-order valence-corrected chi connectivity index (χ0v) is 10.7. The average Bonchev–Trinajstić information content (AvgIpc) is 2.64. The van der Waals surface area contributed by atoms with E-state index in [2.05, 4.69) is 15.9 Å². The normalized spacial score (nSPS) is 19.8. The Morgan fingerprint density at radius 1 is 1.35 bits per heavy atom. The first-order valence-electron chi connectivity index (χ1n) is 5.48. The summed E-state index contributed by atoms with van der Waals surface area (Å²) in [4.78, 5) is 1.99. The Balaban J connectivity index is 1.86. The summed E-state index contributed by atoms with van der Waals surface area (Å²) < 4.78 is 43.5. The van der Waals surface area contributed by atoms with E-state index in [-0.39, 0.29) is 12.8 Å². The van der Waals surface area contributed by atoms with Crippen LogP contribution >= 0.6 is 15.9 Å². The van der Waals surface area contributed by atoms with Gasteiger partial charge in [0.1, 0.15) is 5.76 Å². The van der Waals surface area contributed by atoms with Crippen molar-refractivity contribution in [2.24, 2.45) is 5.92 Å². The van der Waals surface area contributed by atoms with E-state index >= 15 is 0 Å². The van der Waals surface area contributed by atoms with E-state index in [0.717, 1.165) is 10.2 Å². The molecule has 0 amide bonds. The van der Waals surface area contributed by atoms with Gasteiger partial charge in [0, 0.05) is 0 Å². The van der Waals surface area contributed by atoms with Gasteiger partial charge in [0.15, 0.2) is 0 Å². The third-order valence-electron chi connectivity index (χ3n) is 3.11. The first-order chi connectivity index (χ1) is 7.97. The Kier molecular flexibility index (Phi) is 3.82. The Bertz CT molecular complexity index is 369. The van der Waals surface area contributed by atoms with Crippen molar-refractivity contribution in [2.75, 3.05) is 13.1 Å². The van der Waals surface area contributed by atoms with Gasteiger partial charge in [-0.2, -0.15) is 13.2 Å². The number of furan rings is 1. The molecule has 2 nitrogen and oxygen atoms in total. The summed E-state index contributed by atoms with van der Waals surface area (Å²) >= 11 is 3.34. The molecule has 0 aromatic carbocycles. The van der Waals surface area contributed by atoms with Crippen molar-refractivity contribution in [3.8, 4) is 0 Å². The highest BCUT2D eigenvalue weighted by molar-refractivity contribution is 9.10. The summed E-state index contributed by atoms with van der Waals surface area (Å²) in [6, 6.07) is 1.79. The van der Waals surface area contributed by atoms with Crippen LogP contribution < -0.4 is 0 Å². The highest BCUT2D eigenvalue weighted by atomic mass is 79.9. The lowest BCUT2D eigenvalue weighted by atomic mass is 9.96. The van der Waals surface area contributed by atoms with Gasteiger partial charge >= 0.3 is 6.18 Å². The molecule has 0 spiro atoms. The second kappa shape index (κ2) is 5.02. The number of hydrogen-bond acceptors (Lipinski definition) is 2. The van der Waals surface area contributed by atoms with Crippen LogP contribution in [0.1, 0.15) is 18.6 Å². The molecular weight excluding hydrogens is 299 g/mol. The van der Waals surface area contributed by atoms with Gasteiger partial charge in [-0.1, -0.05) is 0 Å². The van der Waals surface area contributed by atoms with Gasteiger partial charge in [0.25, 0.3) is 0 Å². The van der Waals surface area contributed by atoms with Crippen molar-refractivity contribution in [2.45, 2.75) is 25.6 Å². The maximum absolute atomic E-state index is 12.5. The Hall–Kier alpha value is -0.490. The van der Waals surface area contributed by atoms with Gasteiger partial charge in [0.05, 0.1) is 23.2 Å². The van der Waals surface area contributed by atoms with Crippen LogP contribution in [-0.4, -0.2) is 24.2 Å². The van der Waals surface area contributed by atoms with Crippen molar-refractivity contribution in [1.29, 1.82) is 0 Å². The number of rotatable bonds is 2. The van der Waals surface area contributed by atoms with Crippen LogP contribution in [0.3, 0.4) is 0 Å². The number of alkyl halides is 3. The van der Waals surface area contributed by atoms with E-state index in [0.29, 0.717) is 19.6 Å². The molecule has 2 rings (SSSR count). The molecule has 0 saturated carbocycles. The summed E-state index contributed by atoms with van der Waals surface area (Å²) in [6.45, 7) is 1.51.